The van der Waals surface area contributed by atoms with Crippen LogP contribution in [0.2, 0.25) is 0 Å². The van der Waals surface area contributed by atoms with E-state index in [0.717, 1.165) is 37.3 Å². The van der Waals surface area contributed by atoms with E-state index in [1.165, 1.54) is 5.56 Å². The Morgan fingerprint density at radius 3 is 2.89 bits per heavy atom. The van der Waals surface area contributed by atoms with E-state index < -0.39 is 0 Å². The molecule has 0 saturated heterocycles. The third-order valence-electron chi connectivity index (χ3n) is 3.33. The lowest BCUT2D eigenvalue weighted by atomic mass is 10.1. The molecule has 2 rings (SSSR count). The predicted molar refractivity (Wildman–Crippen MR) is 69.1 cm³/mol. The van der Waals surface area contributed by atoms with Crippen molar-refractivity contribution in [3.63, 3.8) is 0 Å². The Hall–Kier alpha value is -2.07. The van der Waals surface area contributed by atoms with Crippen molar-refractivity contribution >= 4 is 5.82 Å². The van der Waals surface area contributed by atoms with Gasteiger partial charge >= 0.3 is 0 Å². The smallest absolute Gasteiger partial charge is 0.146 e. The Morgan fingerprint density at radius 1 is 1.39 bits per heavy atom. The lowest BCUT2D eigenvalue weighted by Gasteiger charge is -2.22. The van der Waals surface area contributed by atoms with Crippen molar-refractivity contribution in [2.75, 3.05) is 18.0 Å². The van der Waals surface area contributed by atoms with Crippen LogP contribution >= 0.6 is 0 Å². The summed E-state index contributed by atoms with van der Waals surface area (Å²) in [6.07, 6.45) is 3.61. The third kappa shape index (κ3) is 2.28. The number of nitrogens with zero attached hydrogens (tertiary/aromatic N) is 4. The van der Waals surface area contributed by atoms with Gasteiger partial charge in [-0.25, -0.2) is 4.98 Å². The first-order chi connectivity index (χ1) is 8.80. The minimum atomic E-state index is 0.456. The molecular formula is C14H16N4. The van der Waals surface area contributed by atoms with Gasteiger partial charge in [0, 0.05) is 18.8 Å². The topological polar surface area (TPSA) is 63.7 Å². The second-order valence-electron chi connectivity index (χ2n) is 4.42. The van der Waals surface area contributed by atoms with Crippen molar-refractivity contribution in [1.29, 1.82) is 10.5 Å². The monoisotopic (exact) mass is 240 g/mol. The maximum atomic E-state index is 9.24. The predicted octanol–water partition coefficient (Wildman–Crippen LogP) is 2.18. The van der Waals surface area contributed by atoms with Crippen molar-refractivity contribution in [3.8, 4) is 12.1 Å². The highest BCUT2D eigenvalue weighted by molar-refractivity contribution is 5.56. The molecule has 0 radical (unpaired) electrons. The minimum Gasteiger partial charge on any atom is -0.355 e. The quantitative estimate of drug-likeness (QED) is 0.809. The Balaban J connectivity index is 2.36. The largest absolute Gasteiger partial charge is 0.355 e. The van der Waals surface area contributed by atoms with Gasteiger partial charge in [0.15, 0.2) is 0 Å². The Kier molecular flexibility index (Phi) is 3.79. The van der Waals surface area contributed by atoms with Gasteiger partial charge in [-0.15, -0.1) is 0 Å². The van der Waals surface area contributed by atoms with E-state index in [1.807, 2.05) is 17.9 Å². The molecule has 0 atom stereocenters. The third-order valence-corrected chi connectivity index (χ3v) is 3.33. The van der Waals surface area contributed by atoms with Crippen molar-refractivity contribution in [2.24, 2.45) is 0 Å². The number of fused-ring (bicyclic) bond motifs is 1. The van der Waals surface area contributed by atoms with Crippen LogP contribution in [0.4, 0.5) is 5.82 Å². The van der Waals surface area contributed by atoms with Crippen LogP contribution in [0.25, 0.3) is 0 Å². The van der Waals surface area contributed by atoms with Crippen molar-refractivity contribution in [1.82, 2.24) is 4.98 Å². The number of aromatic nitrogens is 1. The molecule has 1 aliphatic carbocycles. The van der Waals surface area contributed by atoms with Crippen LogP contribution in [0.5, 0.6) is 0 Å². The molecule has 0 bridgehead atoms. The van der Waals surface area contributed by atoms with Crippen molar-refractivity contribution in [3.05, 3.63) is 22.9 Å². The molecule has 18 heavy (non-hydrogen) atoms. The summed E-state index contributed by atoms with van der Waals surface area (Å²) in [7, 11) is 0. The molecule has 0 saturated carbocycles. The summed E-state index contributed by atoms with van der Waals surface area (Å²) < 4.78 is 0. The average molecular weight is 240 g/mol. The zero-order valence-corrected chi connectivity index (χ0v) is 10.6. The van der Waals surface area contributed by atoms with Crippen molar-refractivity contribution < 1.29 is 0 Å². The summed E-state index contributed by atoms with van der Waals surface area (Å²) in [5.41, 5.74) is 2.97. The summed E-state index contributed by atoms with van der Waals surface area (Å²) in [4.78, 5) is 6.66. The highest BCUT2D eigenvalue weighted by Crippen LogP contribution is 2.27. The molecule has 1 heterocycles. The summed E-state index contributed by atoms with van der Waals surface area (Å²) in [5.74, 6) is 0.746. The van der Waals surface area contributed by atoms with Gasteiger partial charge in [-0.3, -0.25) is 0 Å². The molecule has 0 N–H and O–H groups in total. The van der Waals surface area contributed by atoms with Crippen molar-refractivity contribution in [2.45, 2.75) is 32.6 Å². The van der Waals surface area contributed by atoms with Gasteiger partial charge in [-0.1, -0.05) is 0 Å². The molecule has 0 aromatic carbocycles. The lowest BCUT2D eigenvalue weighted by molar-refractivity contribution is 0.802. The highest BCUT2D eigenvalue weighted by atomic mass is 15.2. The fraction of sp³-hybridized carbons (Fsp3) is 0.500. The number of rotatable bonds is 4. The Morgan fingerprint density at radius 2 is 2.22 bits per heavy atom. The standard InChI is InChI=1S/C14H16N4/c1-2-18(8-4-7-15)14-12(10-16)9-11-5-3-6-13(11)17-14/h9H,2-6,8H2,1H3. The van der Waals surface area contributed by atoms with Crippen LogP contribution in [0.3, 0.4) is 0 Å². The van der Waals surface area contributed by atoms with Gasteiger partial charge in [-0.05, 0) is 37.8 Å². The van der Waals surface area contributed by atoms with Gasteiger partial charge in [0.25, 0.3) is 0 Å². The van der Waals surface area contributed by atoms with E-state index >= 15 is 0 Å². The van der Waals surface area contributed by atoms with Gasteiger partial charge in [0.2, 0.25) is 0 Å². The normalized spacial score (nSPS) is 12.6. The highest BCUT2D eigenvalue weighted by Gasteiger charge is 2.19. The number of nitriles is 2. The van der Waals surface area contributed by atoms with Crippen LogP contribution in [0.1, 0.15) is 36.6 Å². The molecule has 1 aliphatic rings. The Labute approximate surface area is 107 Å². The number of pyridine rings is 1. The van der Waals surface area contributed by atoms with E-state index in [-0.39, 0.29) is 0 Å². The zero-order valence-electron chi connectivity index (χ0n) is 10.6. The minimum absolute atomic E-state index is 0.456. The molecule has 1 aromatic heterocycles. The molecule has 0 unspecified atom stereocenters. The molecular weight excluding hydrogens is 224 g/mol. The molecule has 0 aliphatic heterocycles. The molecule has 1 aromatic rings. The second kappa shape index (κ2) is 5.51. The fourth-order valence-electron chi connectivity index (χ4n) is 2.38. The lowest BCUT2D eigenvalue weighted by Crippen LogP contribution is -2.26. The molecule has 0 amide bonds. The van der Waals surface area contributed by atoms with E-state index in [9.17, 15) is 5.26 Å². The van der Waals surface area contributed by atoms with E-state index in [0.29, 0.717) is 18.5 Å². The first kappa shape index (κ1) is 12.4. The SMILES string of the molecule is CCN(CCC#N)c1nc2c(cc1C#N)CCC2. The summed E-state index contributed by atoms with van der Waals surface area (Å²) in [6, 6.07) is 6.34. The van der Waals surface area contributed by atoms with E-state index in [1.54, 1.807) is 0 Å². The van der Waals surface area contributed by atoms with Gasteiger partial charge in [-0.2, -0.15) is 10.5 Å². The second-order valence-corrected chi connectivity index (χ2v) is 4.42. The number of aryl methyl sites for hydroxylation is 2. The maximum Gasteiger partial charge on any atom is 0.146 e. The van der Waals surface area contributed by atoms with Gasteiger partial charge in [0.05, 0.1) is 18.1 Å². The van der Waals surface area contributed by atoms with Crippen LogP contribution < -0.4 is 4.90 Å². The van der Waals surface area contributed by atoms with Gasteiger partial charge < -0.3 is 4.90 Å². The summed E-state index contributed by atoms with van der Waals surface area (Å²) >= 11 is 0. The molecule has 0 fully saturated rings. The molecule has 4 nitrogen and oxygen atoms in total. The van der Waals surface area contributed by atoms with Crippen LogP contribution in [0.15, 0.2) is 6.07 Å². The van der Waals surface area contributed by atoms with Crippen LogP contribution in [-0.2, 0) is 12.8 Å². The zero-order chi connectivity index (χ0) is 13.0. The molecule has 92 valence electrons. The average Bonchev–Trinajstić information content (AvgIpc) is 2.85. The summed E-state index contributed by atoms with van der Waals surface area (Å²) in [6.45, 7) is 3.42. The maximum absolute atomic E-state index is 9.24. The van der Waals surface area contributed by atoms with E-state index in [4.69, 9.17) is 5.26 Å². The summed E-state index contributed by atoms with van der Waals surface area (Å²) in [5, 5.41) is 17.9. The first-order valence-corrected chi connectivity index (χ1v) is 6.35. The fourth-order valence-corrected chi connectivity index (χ4v) is 2.38. The number of hydrogen-bond acceptors (Lipinski definition) is 4. The first-order valence-electron chi connectivity index (χ1n) is 6.35. The van der Waals surface area contributed by atoms with E-state index in [2.05, 4.69) is 17.1 Å². The Bertz CT molecular complexity index is 522. The molecule has 4 heteroatoms. The van der Waals surface area contributed by atoms with Crippen LogP contribution in [0, 0.1) is 22.7 Å². The van der Waals surface area contributed by atoms with Crippen LogP contribution in [-0.4, -0.2) is 18.1 Å². The number of hydrogen-bond donors (Lipinski definition) is 0. The molecule has 0 spiro atoms. The number of anilines is 1. The van der Waals surface area contributed by atoms with Gasteiger partial charge in [0.1, 0.15) is 11.9 Å².